The van der Waals surface area contributed by atoms with Crippen LogP contribution in [0.4, 0.5) is 0 Å². The third kappa shape index (κ3) is 2.95. The van der Waals surface area contributed by atoms with Crippen molar-refractivity contribution in [1.29, 1.82) is 0 Å². The van der Waals surface area contributed by atoms with Crippen molar-refractivity contribution in [2.45, 2.75) is 32.2 Å². The molecule has 1 N–H and O–H groups in total. The molecule has 4 nitrogen and oxygen atoms in total. The standard InChI is InChI=1S/C17H22N2O2/c1-2-19(11-13-7-5-6-10-18-13)17(20)15-12-21-16-9-4-3-8-14(15)16/h3-4,8-9,12-13,18H,2,5-7,10-11H2,1H3. The number of hydrogen-bond acceptors (Lipinski definition) is 3. The van der Waals surface area contributed by atoms with E-state index in [0.717, 1.165) is 37.0 Å². The lowest BCUT2D eigenvalue weighted by atomic mass is 10.0. The third-order valence-electron chi connectivity index (χ3n) is 4.23. The van der Waals surface area contributed by atoms with Crippen LogP contribution < -0.4 is 5.32 Å². The van der Waals surface area contributed by atoms with E-state index in [0.29, 0.717) is 11.6 Å². The number of likely N-dealkylation sites (N-methyl/N-ethyl adjacent to an activating group) is 1. The first kappa shape index (κ1) is 14.1. The number of nitrogens with zero attached hydrogens (tertiary/aromatic N) is 1. The van der Waals surface area contributed by atoms with Gasteiger partial charge in [-0.25, -0.2) is 0 Å². The molecular weight excluding hydrogens is 264 g/mol. The van der Waals surface area contributed by atoms with Crippen LogP contribution in [0.5, 0.6) is 0 Å². The molecule has 1 atom stereocenters. The molecule has 2 aromatic rings. The van der Waals surface area contributed by atoms with E-state index in [1.54, 1.807) is 6.26 Å². The predicted molar refractivity (Wildman–Crippen MR) is 83.4 cm³/mol. The molecule has 4 heteroatoms. The average molecular weight is 286 g/mol. The zero-order chi connectivity index (χ0) is 14.7. The summed E-state index contributed by atoms with van der Waals surface area (Å²) < 4.78 is 5.49. The molecule has 1 aliphatic heterocycles. The molecule has 0 spiro atoms. The van der Waals surface area contributed by atoms with E-state index in [4.69, 9.17) is 4.42 Å². The van der Waals surface area contributed by atoms with Crippen LogP contribution in [0.1, 0.15) is 36.5 Å². The minimum absolute atomic E-state index is 0.0647. The molecule has 0 aliphatic carbocycles. The second kappa shape index (κ2) is 6.31. The normalized spacial score (nSPS) is 18.8. The summed E-state index contributed by atoms with van der Waals surface area (Å²) in [4.78, 5) is 14.7. The number of furan rings is 1. The predicted octanol–water partition coefficient (Wildman–Crippen LogP) is 3.04. The topological polar surface area (TPSA) is 45.5 Å². The smallest absolute Gasteiger partial charge is 0.257 e. The van der Waals surface area contributed by atoms with Crippen LogP contribution >= 0.6 is 0 Å². The SMILES string of the molecule is CCN(CC1CCCCN1)C(=O)c1coc2ccccc12. The molecule has 3 rings (SSSR count). The lowest BCUT2D eigenvalue weighted by molar-refractivity contribution is 0.0742. The van der Waals surface area contributed by atoms with Crippen molar-refractivity contribution in [2.24, 2.45) is 0 Å². The first-order chi connectivity index (χ1) is 10.3. The van der Waals surface area contributed by atoms with Crippen LogP contribution in [0.15, 0.2) is 34.9 Å². The molecule has 21 heavy (non-hydrogen) atoms. The van der Waals surface area contributed by atoms with E-state index in [-0.39, 0.29) is 5.91 Å². The van der Waals surface area contributed by atoms with Gasteiger partial charge in [0.1, 0.15) is 11.8 Å². The summed E-state index contributed by atoms with van der Waals surface area (Å²) >= 11 is 0. The Bertz CT molecular complexity index is 614. The second-order valence-electron chi connectivity index (χ2n) is 5.64. The van der Waals surface area contributed by atoms with Crippen molar-refractivity contribution in [1.82, 2.24) is 10.2 Å². The molecule has 1 saturated heterocycles. The molecule has 1 aromatic heterocycles. The molecule has 1 fully saturated rings. The van der Waals surface area contributed by atoms with Crippen LogP contribution in [0.25, 0.3) is 11.0 Å². The van der Waals surface area contributed by atoms with Gasteiger partial charge >= 0.3 is 0 Å². The third-order valence-corrected chi connectivity index (χ3v) is 4.23. The van der Waals surface area contributed by atoms with Crippen molar-refractivity contribution in [2.75, 3.05) is 19.6 Å². The summed E-state index contributed by atoms with van der Waals surface area (Å²) in [6.45, 7) is 4.58. The number of fused-ring (bicyclic) bond motifs is 1. The lowest BCUT2D eigenvalue weighted by Gasteiger charge is -2.29. The largest absolute Gasteiger partial charge is 0.463 e. The molecular formula is C17H22N2O2. The Morgan fingerprint density at radius 1 is 1.38 bits per heavy atom. The van der Waals surface area contributed by atoms with Crippen LogP contribution in [0, 0.1) is 0 Å². The Morgan fingerprint density at radius 2 is 2.24 bits per heavy atom. The summed E-state index contributed by atoms with van der Waals surface area (Å²) in [6.07, 6.45) is 5.22. The Kier molecular flexibility index (Phi) is 4.25. The second-order valence-corrected chi connectivity index (χ2v) is 5.64. The fourth-order valence-electron chi connectivity index (χ4n) is 3.02. The van der Waals surface area contributed by atoms with Crippen molar-refractivity contribution in [3.8, 4) is 0 Å². The maximum Gasteiger partial charge on any atom is 0.257 e. The molecule has 1 aromatic carbocycles. The van der Waals surface area contributed by atoms with Crippen LogP contribution in [0.2, 0.25) is 0 Å². The zero-order valence-electron chi connectivity index (χ0n) is 12.5. The van der Waals surface area contributed by atoms with Gasteiger partial charge in [-0.1, -0.05) is 24.6 Å². The Hall–Kier alpha value is -1.81. The highest BCUT2D eigenvalue weighted by atomic mass is 16.3. The summed E-state index contributed by atoms with van der Waals surface area (Å²) in [5.41, 5.74) is 1.44. The van der Waals surface area contributed by atoms with E-state index >= 15 is 0 Å². The molecule has 112 valence electrons. The molecule has 1 amide bonds. The number of nitrogens with one attached hydrogen (secondary N) is 1. The Labute approximate surface area is 125 Å². The van der Waals surface area contributed by atoms with E-state index < -0.39 is 0 Å². The Balaban J connectivity index is 1.78. The molecule has 1 unspecified atom stereocenters. The van der Waals surface area contributed by atoms with Crippen molar-refractivity contribution in [3.63, 3.8) is 0 Å². The van der Waals surface area contributed by atoms with Crippen LogP contribution in [-0.4, -0.2) is 36.5 Å². The van der Waals surface area contributed by atoms with E-state index in [2.05, 4.69) is 5.32 Å². The number of amides is 1. The number of hydrogen-bond donors (Lipinski definition) is 1. The molecule has 0 radical (unpaired) electrons. The summed E-state index contributed by atoms with van der Waals surface area (Å²) in [6, 6.07) is 8.11. The van der Waals surface area contributed by atoms with Gasteiger partial charge in [0, 0.05) is 24.5 Å². The van der Waals surface area contributed by atoms with Crippen molar-refractivity contribution < 1.29 is 9.21 Å². The molecule has 1 aliphatic rings. The van der Waals surface area contributed by atoms with E-state index in [1.807, 2.05) is 36.1 Å². The molecule has 2 heterocycles. The van der Waals surface area contributed by atoms with Gasteiger partial charge in [-0.15, -0.1) is 0 Å². The van der Waals surface area contributed by atoms with Gasteiger partial charge in [-0.05, 0) is 32.4 Å². The minimum atomic E-state index is 0.0647. The number of rotatable bonds is 4. The van der Waals surface area contributed by atoms with Gasteiger partial charge in [-0.2, -0.15) is 0 Å². The fraction of sp³-hybridized carbons (Fsp3) is 0.471. The summed E-state index contributed by atoms with van der Waals surface area (Å²) in [5, 5.41) is 4.40. The summed E-state index contributed by atoms with van der Waals surface area (Å²) in [5.74, 6) is 0.0647. The number of para-hydroxylation sites is 1. The Morgan fingerprint density at radius 3 is 3.00 bits per heavy atom. The number of carbonyl (C=O) groups is 1. The fourth-order valence-corrected chi connectivity index (χ4v) is 3.02. The van der Waals surface area contributed by atoms with Crippen molar-refractivity contribution >= 4 is 16.9 Å². The zero-order valence-corrected chi connectivity index (χ0v) is 12.5. The quantitative estimate of drug-likeness (QED) is 0.939. The highest BCUT2D eigenvalue weighted by Crippen LogP contribution is 2.22. The lowest BCUT2D eigenvalue weighted by Crippen LogP contribution is -2.45. The average Bonchev–Trinajstić information content (AvgIpc) is 2.97. The van der Waals surface area contributed by atoms with Gasteiger partial charge in [0.05, 0.1) is 5.56 Å². The van der Waals surface area contributed by atoms with Crippen molar-refractivity contribution in [3.05, 3.63) is 36.1 Å². The van der Waals surface area contributed by atoms with Crippen LogP contribution in [0.3, 0.4) is 0 Å². The van der Waals surface area contributed by atoms with Gasteiger partial charge in [0.25, 0.3) is 5.91 Å². The number of benzene rings is 1. The van der Waals surface area contributed by atoms with Gasteiger partial charge in [0.2, 0.25) is 0 Å². The number of piperidine rings is 1. The number of carbonyl (C=O) groups excluding carboxylic acids is 1. The maximum absolute atomic E-state index is 12.8. The first-order valence-electron chi connectivity index (χ1n) is 7.78. The van der Waals surface area contributed by atoms with E-state index in [9.17, 15) is 4.79 Å². The van der Waals surface area contributed by atoms with Gasteiger partial charge < -0.3 is 14.6 Å². The van der Waals surface area contributed by atoms with Crippen LogP contribution in [-0.2, 0) is 0 Å². The highest BCUT2D eigenvalue weighted by Gasteiger charge is 2.22. The molecule has 0 saturated carbocycles. The van der Waals surface area contributed by atoms with Gasteiger partial charge in [-0.3, -0.25) is 4.79 Å². The maximum atomic E-state index is 12.8. The minimum Gasteiger partial charge on any atom is -0.463 e. The van der Waals surface area contributed by atoms with E-state index in [1.165, 1.54) is 12.8 Å². The summed E-state index contributed by atoms with van der Waals surface area (Å²) in [7, 11) is 0. The monoisotopic (exact) mass is 286 g/mol. The van der Waals surface area contributed by atoms with Gasteiger partial charge in [0.15, 0.2) is 0 Å². The molecule has 0 bridgehead atoms. The highest BCUT2D eigenvalue weighted by molar-refractivity contribution is 6.05. The first-order valence-corrected chi connectivity index (χ1v) is 7.78.